The lowest BCUT2D eigenvalue weighted by Gasteiger charge is -2.29. The first-order valence-electron chi connectivity index (χ1n) is 9.04. The molecule has 0 bridgehead atoms. The Morgan fingerprint density at radius 1 is 1.41 bits per heavy atom. The summed E-state index contributed by atoms with van der Waals surface area (Å²) in [5, 5.41) is 2.97. The molecule has 7 nitrogen and oxygen atoms in total. The van der Waals surface area contributed by atoms with Crippen molar-refractivity contribution in [1.82, 2.24) is 10.3 Å². The molecular weight excluding hydrogens is 414 g/mol. The van der Waals surface area contributed by atoms with E-state index in [9.17, 15) is 9.59 Å². The molecule has 1 amide bonds. The second kappa shape index (κ2) is 8.04. The van der Waals surface area contributed by atoms with Crippen LogP contribution in [0.5, 0.6) is 0 Å². The molecule has 1 N–H and O–H groups in total. The van der Waals surface area contributed by atoms with Gasteiger partial charge in [-0.25, -0.2) is 9.59 Å². The van der Waals surface area contributed by atoms with E-state index in [-0.39, 0.29) is 0 Å². The SMILES string of the molecule is CCOC(=O)c1cnc(C)c(Br)c1N1CC[C@](C)(NC(=O)OC(C)(C)C)C1. The van der Waals surface area contributed by atoms with Crippen molar-refractivity contribution in [3.8, 4) is 0 Å². The van der Waals surface area contributed by atoms with Crippen LogP contribution in [0.3, 0.4) is 0 Å². The van der Waals surface area contributed by atoms with Gasteiger partial charge in [0.25, 0.3) is 0 Å². The van der Waals surface area contributed by atoms with Crippen LogP contribution in [-0.4, -0.2) is 47.9 Å². The summed E-state index contributed by atoms with van der Waals surface area (Å²) in [5.74, 6) is -0.408. The molecule has 1 atom stereocenters. The minimum atomic E-state index is -0.555. The van der Waals surface area contributed by atoms with E-state index in [4.69, 9.17) is 9.47 Å². The molecule has 0 aromatic carbocycles. The van der Waals surface area contributed by atoms with Crippen molar-refractivity contribution in [3.63, 3.8) is 0 Å². The fraction of sp³-hybridized carbons (Fsp3) is 0.632. The van der Waals surface area contributed by atoms with E-state index in [1.807, 2.05) is 34.6 Å². The highest BCUT2D eigenvalue weighted by Gasteiger charge is 2.38. The number of anilines is 1. The first-order chi connectivity index (χ1) is 12.5. The topological polar surface area (TPSA) is 80.8 Å². The Bertz CT molecular complexity index is 732. The summed E-state index contributed by atoms with van der Waals surface area (Å²) in [7, 11) is 0. The largest absolute Gasteiger partial charge is 0.462 e. The van der Waals surface area contributed by atoms with Crippen molar-refractivity contribution in [2.24, 2.45) is 0 Å². The van der Waals surface area contributed by atoms with Crippen molar-refractivity contribution in [1.29, 1.82) is 0 Å². The van der Waals surface area contributed by atoms with Gasteiger partial charge in [-0.05, 0) is 63.9 Å². The lowest BCUT2D eigenvalue weighted by atomic mass is 10.0. The van der Waals surface area contributed by atoms with Crippen molar-refractivity contribution in [3.05, 3.63) is 21.9 Å². The zero-order valence-corrected chi connectivity index (χ0v) is 18.4. The average molecular weight is 442 g/mol. The van der Waals surface area contributed by atoms with Gasteiger partial charge in [0.05, 0.1) is 28.0 Å². The summed E-state index contributed by atoms with van der Waals surface area (Å²) < 4.78 is 11.3. The predicted molar refractivity (Wildman–Crippen MR) is 107 cm³/mol. The zero-order chi connectivity index (χ0) is 20.4. The van der Waals surface area contributed by atoms with Crippen LogP contribution in [0.1, 0.15) is 57.1 Å². The second-order valence-electron chi connectivity index (χ2n) is 8.00. The quantitative estimate of drug-likeness (QED) is 0.715. The molecule has 1 saturated heterocycles. The van der Waals surface area contributed by atoms with Gasteiger partial charge in [-0.3, -0.25) is 4.98 Å². The molecule has 1 aliphatic rings. The van der Waals surface area contributed by atoms with Crippen LogP contribution >= 0.6 is 15.9 Å². The molecular formula is C19H28BrN3O4. The van der Waals surface area contributed by atoms with E-state index >= 15 is 0 Å². The van der Waals surface area contributed by atoms with E-state index in [1.165, 1.54) is 0 Å². The first-order valence-corrected chi connectivity index (χ1v) is 9.83. The van der Waals surface area contributed by atoms with Gasteiger partial charge in [-0.15, -0.1) is 0 Å². The third kappa shape index (κ3) is 5.34. The number of halogens is 1. The number of aryl methyl sites for hydroxylation is 1. The minimum absolute atomic E-state index is 0.293. The normalized spacial score (nSPS) is 19.7. The van der Waals surface area contributed by atoms with Crippen molar-refractivity contribution in [2.75, 3.05) is 24.6 Å². The second-order valence-corrected chi connectivity index (χ2v) is 8.79. The molecule has 150 valence electrons. The predicted octanol–water partition coefficient (Wildman–Crippen LogP) is 3.82. The Balaban J connectivity index is 2.24. The summed E-state index contributed by atoms with van der Waals surface area (Å²) in [5.41, 5.74) is 0.921. The van der Waals surface area contributed by atoms with Crippen molar-refractivity contribution >= 4 is 33.7 Å². The Labute approximate surface area is 168 Å². The molecule has 0 radical (unpaired) electrons. The zero-order valence-electron chi connectivity index (χ0n) is 16.8. The molecule has 0 spiro atoms. The highest BCUT2D eigenvalue weighted by atomic mass is 79.9. The van der Waals surface area contributed by atoms with Gasteiger partial charge in [-0.1, -0.05) is 0 Å². The number of esters is 1. The fourth-order valence-corrected chi connectivity index (χ4v) is 3.61. The summed E-state index contributed by atoms with van der Waals surface area (Å²) in [6.07, 6.45) is 1.83. The molecule has 0 unspecified atom stereocenters. The third-order valence-electron chi connectivity index (χ3n) is 4.26. The van der Waals surface area contributed by atoms with Crippen molar-refractivity contribution in [2.45, 2.75) is 59.1 Å². The van der Waals surface area contributed by atoms with Crippen LogP contribution in [0.15, 0.2) is 10.7 Å². The number of ether oxygens (including phenoxy) is 2. The van der Waals surface area contributed by atoms with Crippen molar-refractivity contribution < 1.29 is 19.1 Å². The Morgan fingerprint density at radius 3 is 2.67 bits per heavy atom. The lowest BCUT2D eigenvalue weighted by Crippen LogP contribution is -2.49. The molecule has 0 aliphatic carbocycles. The number of pyridine rings is 1. The van der Waals surface area contributed by atoms with Crippen LogP contribution < -0.4 is 10.2 Å². The molecule has 1 aliphatic heterocycles. The fourth-order valence-electron chi connectivity index (χ4n) is 3.04. The van der Waals surface area contributed by atoms with E-state index in [2.05, 4.69) is 31.1 Å². The van der Waals surface area contributed by atoms with Crippen LogP contribution in [0.4, 0.5) is 10.5 Å². The molecule has 0 saturated carbocycles. The Kier molecular flexibility index (Phi) is 6.39. The molecule has 27 heavy (non-hydrogen) atoms. The standard InChI is InChI=1S/C19H28BrN3O4/c1-7-26-16(24)13-10-21-12(2)14(20)15(13)23-9-8-19(6,11-23)22-17(25)27-18(3,4)5/h10H,7-9,11H2,1-6H3,(H,22,25)/t19-/m0/s1. The molecule has 2 rings (SSSR count). The molecule has 2 heterocycles. The maximum Gasteiger partial charge on any atom is 0.408 e. The lowest BCUT2D eigenvalue weighted by molar-refractivity contribution is 0.0470. The number of carbonyl (C=O) groups excluding carboxylic acids is 2. The smallest absolute Gasteiger partial charge is 0.408 e. The van der Waals surface area contributed by atoms with E-state index < -0.39 is 23.2 Å². The molecule has 1 aromatic heterocycles. The van der Waals surface area contributed by atoms with E-state index in [0.717, 1.165) is 22.3 Å². The average Bonchev–Trinajstić information content (AvgIpc) is 2.89. The number of nitrogens with zero attached hydrogens (tertiary/aromatic N) is 2. The summed E-state index contributed by atoms with van der Waals surface area (Å²) in [6, 6.07) is 0. The summed E-state index contributed by atoms with van der Waals surface area (Å²) >= 11 is 3.56. The highest BCUT2D eigenvalue weighted by Crippen LogP contribution is 2.36. The summed E-state index contributed by atoms with van der Waals surface area (Å²) in [4.78, 5) is 30.9. The summed E-state index contributed by atoms with van der Waals surface area (Å²) in [6.45, 7) is 12.6. The van der Waals surface area contributed by atoms with Gasteiger partial charge in [0.15, 0.2) is 0 Å². The number of amides is 1. The monoisotopic (exact) mass is 441 g/mol. The Hall–Kier alpha value is -1.83. The van der Waals surface area contributed by atoms with E-state index in [1.54, 1.807) is 13.1 Å². The number of hydrogen-bond donors (Lipinski definition) is 1. The molecule has 1 aromatic rings. The minimum Gasteiger partial charge on any atom is -0.462 e. The number of alkyl carbamates (subject to hydrolysis) is 1. The van der Waals surface area contributed by atoms with Gasteiger partial charge in [0.1, 0.15) is 11.2 Å². The maximum atomic E-state index is 12.4. The van der Waals surface area contributed by atoms with Crippen LogP contribution in [-0.2, 0) is 9.47 Å². The molecule has 1 fully saturated rings. The third-order valence-corrected chi connectivity index (χ3v) is 5.20. The van der Waals surface area contributed by atoms with Gasteiger partial charge in [0.2, 0.25) is 0 Å². The number of carbonyl (C=O) groups is 2. The van der Waals surface area contributed by atoms with Gasteiger partial charge in [-0.2, -0.15) is 0 Å². The maximum absolute atomic E-state index is 12.4. The number of rotatable bonds is 4. The Morgan fingerprint density at radius 2 is 2.07 bits per heavy atom. The van der Waals surface area contributed by atoms with E-state index in [0.29, 0.717) is 25.3 Å². The van der Waals surface area contributed by atoms with Crippen LogP contribution in [0.25, 0.3) is 0 Å². The van der Waals surface area contributed by atoms with Gasteiger partial charge in [0, 0.05) is 19.3 Å². The highest BCUT2D eigenvalue weighted by molar-refractivity contribution is 9.10. The number of hydrogen-bond acceptors (Lipinski definition) is 6. The van der Waals surface area contributed by atoms with Gasteiger partial charge < -0.3 is 19.7 Å². The molecule has 8 heteroatoms. The number of aromatic nitrogens is 1. The first kappa shape index (κ1) is 21.5. The van der Waals surface area contributed by atoms with Crippen LogP contribution in [0.2, 0.25) is 0 Å². The van der Waals surface area contributed by atoms with Crippen LogP contribution in [0, 0.1) is 6.92 Å². The number of nitrogens with one attached hydrogen (secondary N) is 1. The van der Waals surface area contributed by atoms with Gasteiger partial charge >= 0.3 is 12.1 Å².